The molecule has 1 aromatic heterocycles. The lowest BCUT2D eigenvalue weighted by molar-refractivity contribution is -0.137. The Morgan fingerprint density at radius 1 is 1.42 bits per heavy atom. The van der Waals surface area contributed by atoms with Crippen LogP contribution in [0.25, 0.3) is 0 Å². The minimum Gasteiger partial charge on any atom is -0.492 e. The van der Waals surface area contributed by atoms with E-state index in [9.17, 15) is 4.79 Å². The molecule has 2 aliphatic rings. The van der Waals surface area contributed by atoms with E-state index in [1.165, 1.54) is 11.3 Å². The van der Waals surface area contributed by atoms with Crippen molar-refractivity contribution < 1.29 is 9.53 Å². The minimum absolute atomic E-state index is 0.0806. The van der Waals surface area contributed by atoms with Crippen molar-refractivity contribution in [2.45, 2.75) is 39.2 Å². The number of amides is 1. The number of nitrogens with zero attached hydrogens (tertiary/aromatic N) is 2. The molecule has 0 saturated heterocycles. The summed E-state index contributed by atoms with van der Waals surface area (Å²) in [5.41, 5.74) is 4.69. The van der Waals surface area contributed by atoms with Gasteiger partial charge in [-0.15, -0.1) is 0 Å². The summed E-state index contributed by atoms with van der Waals surface area (Å²) < 4.78 is 5.80. The van der Waals surface area contributed by atoms with Gasteiger partial charge in [-0.3, -0.25) is 9.89 Å². The molecule has 5 nitrogen and oxygen atoms in total. The lowest BCUT2D eigenvalue weighted by Gasteiger charge is -2.32. The zero-order valence-electron chi connectivity index (χ0n) is 14.0. The lowest BCUT2D eigenvalue weighted by atomic mass is 9.94. The molecule has 1 atom stereocenters. The number of benzene rings is 1. The van der Waals surface area contributed by atoms with Crippen LogP contribution in [0.2, 0.25) is 0 Å². The van der Waals surface area contributed by atoms with Crippen molar-refractivity contribution in [1.29, 1.82) is 0 Å². The Bertz CT molecular complexity index is 753. The monoisotopic (exact) mass is 325 g/mol. The predicted octanol–water partition coefficient (Wildman–Crippen LogP) is 2.50. The van der Waals surface area contributed by atoms with E-state index in [1.807, 2.05) is 23.1 Å². The number of fused-ring (bicyclic) bond motifs is 2. The highest BCUT2D eigenvalue weighted by atomic mass is 16.5. The van der Waals surface area contributed by atoms with E-state index in [0.717, 1.165) is 49.2 Å². The first kappa shape index (κ1) is 15.2. The van der Waals surface area contributed by atoms with Crippen LogP contribution in [0.1, 0.15) is 35.9 Å². The van der Waals surface area contributed by atoms with Gasteiger partial charge < -0.3 is 9.64 Å². The second-order valence-corrected chi connectivity index (χ2v) is 6.71. The smallest absolute Gasteiger partial charge is 0.229 e. The van der Waals surface area contributed by atoms with Crippen LogP contribution >= 0.6 is 0 Å². The summed E-state index contributed by atoms with van der Waals surface area (Å²) in [6.45, 7) is 4.08. The van der Waals surface area contributed by atoms with Crippen molar-refractivity contribution in [3.05, 3.63) is 46.8 Å². The van der Waals surface area contributed by atoms with E-state index in [1.54, 1.807) is 0 Å². The minimum atomic E-state index is -0.0806. The lowest BCUT2D eigenvalue weighted by Crippen LogP contribution is -2.43. The molecule has 1 N–H and O–H groups in total. The summed E-state index contributed by atoms with van der Waals surface area (Å²) in [5, 5.41) is 7.59. The second kappa shape index (κ2) is 6.30. The molecular weight excluding hydrogens is 302 g/mol. The van der Waals surface area contributed by atoms with E-state index in [-0.39, 0.29) is 11.8 Å². The van der Waals surface area contributed by atoms with Gasteiger partial charge >= 0.3 is 0 Å². The molecule has 0 saturated carbocycles. The fourth-order valence-corrected chi connectivity index (χ4v) is 3.73. The number of H-pyrrole nitrogens is 1. The highest BCUT2D eigenvalue weighted by molar-refractivity contribution is 5.80. The molecule has 1 amide bonds. The van der Waals surface area contributed by atoms with Crippen molar-refractivity contribution in [1.82, 2.24) is 15.1 Å². The van der Waals surface area contributed by atoms with Crippen molar-refractivity contribution in [2.24, 2.45) is 5.92 Å². The average Bonchev–Trinajstić information content (AvgIpc) is 3.03. The maximum Gasteiger partial charge on any atom is 0.229 e. The van der Waals surface area contributed by atoms with Gasteiger partial charge in [-0.2, -0.15) is 5.10 Å². The molecule has 1 unspecified atom stereocenters. The number of aryl methyl sites for hydroxylation is 1. The summed E-state index contributed by atoms with van der Waals surface area (Å²) in [6.07, 6.45) is 3.67. The van der Waals surface area contributed by atoms with Crippen molar-refractivity contribution in [2.75, 3.05) is 13.2 Å². The largest absolute Gasteiger partial charge is 0.492 e. The number of carbonyl (C=O) groups excluding carboxylic acids is 1. The van der Waals surface area contributed by atoms with E-state index >= 15 is 0 Å². The van der Waals surface area contributed by atoms with Gasteiger partial charge in [-0.1, -0.05) is 31.5 Å². The van der Waals surface area contributed by atoms with Gasteiger partial charge in [0.2, 0.25) is 5.91 Å². The predicted molar refractivity (Wildman–Crippen MR) is 90.8 cm³/mol. The topological polar surface area (TPSA) is 58.2 Å². The summed E-state index contributed by atoms with van der Waals surface area (Å²) in [4.78, 5) is 15.0. The van der Waals surface area contributed by atoms with Gasteiger partial charge in [0.15, 0.2) is 0 Å². The van der Waals surface area contributed by atoms with Crippen molar-refractivity contribution in [3.8, 4) is 5.75 Å². The Labute approximate surface area is 142 Å². The Morgan fingerprint density at radius 2 is 2.29 bits per heavy atom. The summed E-state index contributed by atoms with van der Waals surface area (Å²) >= 11 is 0. The SMILES string of the molecule is CCCc1n[nH]c2c1CN(C(=O)C1COc3ccccc3C1)CC2. The quantitative estimate of drug-likeness (QED) is 0.943. The fraction of sp³-hybridized carbons (Fsp3) is 0.474. The van der Waals surface area contributed by atoms with Crippen LogP contribution in [0.15, 0.2) is 24.3 Å². The van der Waals surface area contributed by atoms with E-state index in [0.29, 0.717) is 13.2 Å². The molecule has 1 aromatic carbocycles. The number of hydrogen-bond donors (Lipinski definition) is 1. The third kappa shape index (κ3) is 2.68. The molecule has 4 rings (SSSR count). The van der Waals surface area contributed by atoms with Gasteiger partial charge in [0.05, 0.1) is 11.6 Å². The molecule has 0 bridgehead atoms. The second-order valence-electron chi connectivity index (χ2n) is 6.71. The van der Waals surface area contributed by atoms with E-state index in [4.69, 9.17) is 4.74 Å². The van der Waals surface area contributed by atoms with Crippen LogP contribution in [0.4, 0.5) is 0 Å². The van der Waals surface area contributed by atoms with Crippen LogP contribution in [0, 0.1) is 5.92 Å². The van der Waals surface area contributed by atoms with Crippen LogP contribution in [-0.2, 0) is 30.6 Å². The Kier molecular flexibility index (Phi) is 4.00. The number of rotatable bonds is 3. The Balaban J connectivity index is 1.49. The molecule has 126 valence electrons. The Morgan fingerprint density at radius 3 is 3.17 bits per heavy atom. The molecule has 24 heavy (non-hydrogen) atoms. The number of carbonyl (C=O) groups is 1. The number of aromatic nitrogens is 2. The Hall–Kier alpha value is -2.30. The summed E-state index contributed by atoms with van der Waals surface area (Å²) in [6, 6.07) is 8.01. The fourth-order valence-electron chi connectivity index (χ4n) is 3.73. The zero-order chi connectivity index (χ0) is 16.5. The number of nitrogens with one attached hydrogen (secondary N) is 1. The number of ether oxygens (including phenoxy) is 1. The average molecular weight is 325 g/mol. The molecule has 2 aliphatic heterocycles. The van der Waals surface area contributed by atoms with Crippen LogP contribution < -0.4 is 4.74 Å². The van der Waals surface area contributed by atoms with Gasteiger partial charge in [-0.25, -0.2) is 0 Å². The molecule has 3 heterocycles. The van der Waals surface area contributed by atoms with Gasteiger partial charge in [0.1, 0.15) is 12.4 Å². The highest BCUT2D eigenvalue weighted by Crippen LogP contribution is 2.29. The molecule has 0 aliphatic carbocycles. The first-order valence-corrected chi connectivity index (χ1v) is 8.80. The van der Waals surface area contributed by atoms with Gasteiger partial charge in [-0.05, 0) is 24.5 Å². The molecule has 0 fully saturated rings. The molecule has 2 aromatic rings. The van der Waals surface area contributed by atoms with Crippen LogP contribution in [-0.4, -0.2) is 34.2 Å². The first-order chi connectivity index (χ1) is 11.8. The molecule has 0 spiro atoms. The van der Waals surface area contributed by atoms with Crippen LogP contribution in [0.3, 0.4) is 0 Å². The standard InChI is InChI=1S/C19H23N3O2/c1-2-5-16-15-11-22(9-8-17(15)21-20-16)19(23)14-10-13-6-3-4-7-18(13)24-12-14/h3-4,6-7,14H,2,5,8-12H2,1H3,(H,20,21). The first-order valence-electron chi connectivity index (χ1n) is 8.80. The molecule has 5 heteroatoms. The summed E-state index contributed by atoms with van der Waals surface area (Å²) in [7, 11) is 0. The van der Waals surface area contributed by atoms with Gasteiger partial charge in [0.25, 0.3) is 0 Å². The number of hydrogen-bond acceptors (Lipinski definition) is 3. The third-order valence-electron chi connectivity index (χ3n) is 5.05. The molecular formula is C19H23N3O2. The highest BCUT2D eigenvalue weighted by Gasteiger charge is 2.32. The van der Waals surface area contributed by atoms with E-state index < -0.39 is 0 Å². The third-order valence-corrected chi connectivity index (χ3v) is 5.05. The van der Waals surface area contributed by atoms with Crippen LogP contribution in [0.5, 0.6) is 5.75 Å². The van der Waals surface area contributed by atoms with Crippen molar-refractivity contribution >= 4 is 5.91 Å². The maximum atomic E-state index is 13.0. The maximum absolute atomic E-state index is 13.0. The summed E-state index contributed by atoms with van der Waals surface area (Å²) in [5.74, 6) is 1.05. The number of aromatic amines is 1. The normalized spacial score (nSPS) is 19.4. The zero-order valence-corrected chi connectivity index (χ0v) is 14.0. The molecule has 0 radical (unpaired) electrons. The van der Waals surface area contributed by atoms with Gasteiger partial charge in [0, 0.05) is 30.8 Å². The van der Waals surface area contributed by atoms with E-state index in [2.05, 4.69) is 23.2 Å². The number of para-hydroxylation sites is 1. The van der Waals surface area contributed by atoms with Crippen molar-refractivity contribution in [3.63, 3.8) is 0 Å².